The molecule has 0 aromatic rings. The summed E-state index contributed by atoms with van der Waals surface area (Å²) in [6, 6.07) is 0. The lowest BCUT2D eigenvalue weighted by Crippen LogP contribution is -2.03. The summed E-state index contributed by atoms with van der Waals surface area (Å²) in [5.74, 6) is 0. The predicted molar refractivity (Wildman–Crippen MR) is 46.6 cm³/mol. The van der Waals surface area contributed by atoms with E-state index >= 15 is 0 Å². The molecule has 2 heteroatoms. The average molecular weight is 160 g/mol. The van der Waals surface area contributed by atoms with Gasteiger partial charge < -0.3 is 4.74 Å². The van der Waals surface area contributed by atoms with Gasteiger partial charge in [0.2, 0.25) is 0 Å². The molecule has 0 aromatic carbocycles. The highest BCUT2D eigenvalue weighted by Gasteiger charge is 2.23. The van der Waals surface area contributed by atoms with Gasteiger partial charge in [0.15, 0.2) is 0 Å². The lowest BCUT2D eigenvalue weighted by molar-refractivity contribution is 0.104. The minimum atomic E-state index is 0.572. The van der Waals surface area contributed by atoms with Gasteiger partial charge in [-0.05, 0) is 19.1 Å². The Hall–Kier alpha value is 0.310. The molecule has 1 nitrogen and oxygen atoms in total. The zero-order chi connectivity index (χ0) is 7.40. The molecule has 1 rings (SSSR count). The molecule has 1 aliphatic heterocycles. The molecule has 1 aliphatic rings. The molecule has 0 N–H and O–H groups in total. The van der Waals surface area contributed by atoms with Crippen molar-refractivity contribution in [2.24, 2.45) is 0 Å². The second kappa shape index (κ2) is 4.24. The molecule has 0 spiro atoms. The predicted octanol–water partition coefficient (Wildman–Crippen LogP) is 2.31. The van der Waals surface area contributed by atoms with Crippen LogP contribution >= 0.6 is 11.8 Å². The lowest BCUT2D eigenvalue weighted by Gasteiger charge is -2.05. The van der Waals surface area contributed by atoms with Gasteiger partial charge in [0, 0.05) is 5.25 Å². The molecular weight excluding hydrogens is 144 g/mol. The molecule has 0 radical (unpaired) electrons. The van der Waals surface area contributed by atoms with Crippen molar-refractivity contribution in [2.75, 3.05) is 12.9 Å². The third-order valence-electron chi connectivity index (χ3n) is 1.99. The topological polar surface area (TPSA) is 9.23 Å². The second-order valence-electron chi connectivity index (χ2n) is 2.84. The summed E-state index contributed by atoms with van der Waals surface area (Å²) in [5.41, 5.74) is 0. The first kappa shape index (κ1) is 8.41. The van der Waals surface area contributed by atoms with Gasteiger partial charge in [-0.3, -0.25) is 0 Å². The third kappa shape index (κ3) is 2.17. The fourth-order valence-electron chi connectivity index (χ4n) is 1.36. The van der Waals surface area contributed by atoms with Crippen LogP contribution in [0.2, 0.25) is 0 Å². The lowest BCUT2D eigenvalue weighted by atomic mass is 10.1. The summed E-state index contributed by atoms with van der Waals surface area (Å²) < 4.78 is 5.58. The van der Waals surface area contributed by atoms with Gasteiger partial charge >= 0.3 is 0 Å². The standard InChI is InChI=1S/C8H16OS/c1-3-4-7-5-8(10-2)6-9-7/h7-8H,3-6H2,1-2H3/t7-,8+/m0/s1. The van der Waals surface area contributed by atoms with Crippen molar-refractivity contribution in [3.63, 3.8) is 0 Å². The summed E-state index contributed by atoms with van der Waals surface area (Å²) in [6.45, 7) is 3.20. The average Bonchev–Trinajstić information content (AvgIpc) is 2.37. The van der Waals surface area contributed by atoms with Crippen LogP contribution in [0.3, 0.4) is 0 Å². The van der Waals surface area contributed by atoms with Gasteiger partial charge in [-0.2, -0.15) is 11.8 Å². The van der Waals surface area contributed by atoms with Crippen LogP contribution in [0.5, 0.6) is 0 Å². The van der Waals surface area contributed by atoms with E-state index in [-0.39, 0.29) is 0 Å². The van der Waals surface area contributed by atoms with Gasteiger partial charge in [-0.15, -0.1) is 0 Å². The first-order chi connectivity index (χ1) is 4.86. The Labute approximate surface area is 67.5 Å². The molecule has 1 fully saturated rings. The molecule has 0 aliphatic carbocycles. The fourth-order valence-corrected chi connectivity index (χ4v) is 1.98. The number of hydrogen-bond donors (Lipinski definition) is 0. The van der Waals surface area contributed by atoms with Crippen LogP contribution in [0.1, 0.15) is 26.2 Å². The minimum absolute atomic E-state index is 0.572. The Balaban J connectivity index is 2.15. The molecule has 1 heterocycles. The van der Waals surface area contributed by atoms with Crippen LogP contribution < -0.4 is 0 Å². The summed E-state index contributed by atoms with van der Waals surface area (Å²) in [4.78, 5) is 0. The highest BCUT2D eigenvalue weighted by Crippen LogP contribution is 2.25. The summed E-state index contributed by atoms with van der Waals surface area (Å²) >= 11 is 1.94. The monoisotopic (exact) mass is 160 g/mol. The smallest absolute Gasteiger partial charge is 0.0589 e. The zero-order valence-corrected chi connectivity index (χ0v) is 7.62. The zero-order valence-electron chi connectivity index (χ0n) is 6.80. The highest BCUT2D eigenvalue weighted by molar-refractivity contribution is 7.99. The van der Waals surface area contributed by atoms with Crippen LogP contribution in [-0.2, 0) is 4.74 Å². The molecule has 0 amide bonds. The molecular formula is C8H16OS. The molecule has 0 aromatic heterocycles. The van der Waals surface area contributed by atoms with E-state index in [2.05, 4.69) is 13.2 Å². The number of ether oxygens (including phenoxy) is 1. The highest BCUT2D eigenvalue weighted by atomic mass is 32.2. The Morgan fingerprint density at radius 3 is 2.90 bits per heavy atom. The van der Waals surface area contributed by atoms with Crippen molar-refractivity contribution in [3.05, 3.63) is 0 Å². The SMILES string of the molecule is CCC[C@H]1C[C@@H](SC)CO1. The van der Waals surface area contributed by atoms with Crippen LogP contribution in [0.15, 0.2) is 0 Å². The molecule has 10 heavy (non-hydrogen) atoms. The van der Waals surface area contributed by atoms with E-state index in [1.165, 1.54) is 19.3 Å². The quantitative estimate of drug-likeness (QED) is 0.626. The van der Waals surface area contributed by atoms with Gasteiger partial charge in [-0.1, -0.05) is 13.3 Å². The van der Waals surface area contributed by atoms with Gasteiger partial charge in [-0.25, -0.2) is 0 Å². The Morgan fingerprint density at radius 1 is 1.60 bits per heavy atom. The summed E-state index contributed by atoms with van der Waals surface area (Å²) in [5, 5.41) is 0.775. The summed E-state index contributed by atoms with van der Waals surface area (Å²) in [7, 11) is 0. The van der Waals surface area contributed by atoms with Gasteiger partial charge in [0.1, 0.15) is 0 Å². The van der Waals surface area contributed by atoms with Crippen LogP contribution in [0.25, 0.3) is 0 Å². The number of thioether (sulfide) groups is 1. The van der Waals surface area contributed by atoms with E-state index in [0.29, 0.717) is 6.10 Å². The summed E-state index contributed by atoms with van der Waals surface area (Å²) in [6.07, 6.45) is 6.52. The van der Waals surface area contributed by atoms with Crippen molar-refractivity contribution in [2.45, 2.75) is 37.5 Å². The van der Waals surface area contributed by atoms with Crippen LogP contribution in [-0.4, -0.2) is 24.2 Å². The van der Waals surface area contributed by atoms with Crippen molar-refractivity contribution in [1.29, 1.82) is 0 Å². The van der Waals surface area contributed by atoms with E-state index in [4.69, 9.17) is 4.74 Å². The first-order valence-electron chi connectivity index (χ1n) is 4.01. The fraction of sp³-hybridized carbons (Fsp3) is 1.00. The van der Waals surface area contributed by atoms with E-state index in [9.17, 15) is 0 Å². The second-order valence-corrected chi connectivity index (χ2v) is 3.98. The normalized spacial score (nSPS) is 33.0. The molecule has 0 bridgehead atoms. The molecule has 0 unspecified atom stereocenters. The van der Waals surface area contributed by atoms with Crippen LogP contribution in [0.4, 0.5) is 0 Å². The maximum atomic E-state index is 5.58. The van der Waals surface area contributed by atoms with Gasteiger partial charge in [0.05, 0.1) is 12.7 Å². The van der Waals surface area contributed by atoms with Crippen molar-refractivity contribution in [3.8, 4) is 0 Å². The minimum Gasteiger partial charge on any atom is -0.377 e. The van der Waals surface area contributed by atoms with Crippen molar-refractivity contribution < 1.29 is 4.74 Å². The van der Waals surface area contributed by atoms with E-state index in [1.54, 1.807) is 0 Å². The largest absolute Gasteiger partial charge is 0.377 e. The van der Waals surface area contributed by atoms with Gasteiger partial charge in [0.25, 0.3) is 0 Å². The Morgan fingerprint density at radius 2 is 2.40 bits per heavy atom. The molecule has 2 atom stereocenters. The number of rotatable bonds is 3. The third-order valence-corrected chi connectivity index (χ3v) is 2.98. The Bertz CT molecular complexity index is 95.3. The van der Waals surface area contributed by atoms with E-state index < -0.39 is 0 Å². The van der Waals surface area contributed by atoms with Crippen molar-refractivity contribution >= 4 is 11.8 Å². The maximum Gasteiger partial charge on any atom is 0.0589 e. The molecule has 0 saturated carbocycles. The maximum absolute atomic E-state index is 5.58. The first-order valence-corrected chi connectivity index (χ1v) is 5.30. The van der Waals surface area contributed by atoms with Crippen molar-refractivity contribution in [1.82, 2.24) is 0 Å². The van der Waals surface area contributed by atoms with E-state index in [1.807, 2.05) is 11.8 Å². The van der Waals surface area contributed by atoms with Crippen LogP contribution in [0, 0.1) is 0 Å². The molecule has 1 saturated heterocycles. The van der Waals surface area contributed by atoms with E-state index in [0.717, 1.165) is 11.9 Å². The number of hydrogen-bond acceptors (Lipinski definition) is 2. The Kier molecular flexibility index (Phi) is 3.57. The molecule has 60 valence electrons.